The third kappa shape index (κ3) is 3.91. The van der Waals surface area contributed by atoms with E-state index in [2.05, 4.69) is 5.32 Å². The number of hydrogen-bond donors (Lipinski definition) is 1. The molecule has 3 heteroatoms. The Bertz CT molecular complexity index is 536. The lowest BCUT2D eigenvalue weighted by atomic mass is 10.1. The summed E-state index contributed by atoms with van der Waals surface area (Å²) >= 11 is 0. The van der Waals surface area contributed by atoms with Crippen molar-refractivity contribution in [2.24, 2.45) is 0 Å². The fourth-order valence-corrected chi connectivity index (χ4v) is 1.91. The van der Waals surface area contributed by atoms with Crippen molar-refractivity contribution in [1.29, 1.82) is 0 Å². The van der Waals surface area contributed by atoms with Crippen molar-refractivity contribution >= 4 is 5.91 Å². The van der Waals surface area contributed by atoms with Crippen LogP contribution in [-0.4, -0.2) is 5.91 Å². The van der Waals surface area contributed by atoms with Crippen LogP contribution < -0.4 is 5.32 Å². The fourth-order valence-electron chi connectivity index (χ4n) is 1.91. The Balaban J connectivity index is 1.93. The number of carbonyl (C=O) groups is 1. The molecule has 2 aromatic rings. The summed E-state index contributed by atoms with van der Waals surface area (Å²) in [4.78, 5) is 11.9. The quantitative estimate of drug-likeness (QED) is 0.895. The normalized spacial score (nSPS) is 11.9. The van der Waals surface area contributed by atoms with Gasteiger partial charge in [-0.1, -0.05) is 42.5 Å². The molecule has 0 aliphatic rings. The molecule has 2 nitrogen and oxygen atoms in total. The molecule has 1 amide bonds. The lowest BCUT2D eigenvalue weighted by Gasteiger charge is -2.14. The zero-order valence-electron chi connectivity index (χ0n) is 10.8. The number of rotatable bonds is 4. The average molecular weight is 257 g/mol. The van der Waals surface area contributed by atoms with Gasteiger partial charge in [-0.3, -0.25) is 4.79 Å². The molecule has 0 heterocycles. The van der Waals surface area contributed by atoms with Gasteiger partial charge in [-0.25, -0.2) is 4.39 Å². The SMILES string of the molecule is C[C@@H](NC(=O)Cc1ccc(F)cc1)c1ccccc1. The predicted molar refractivity (Wildman–Crippen MR) is 73.1 cm³/mol. The number of benzene rings is 2. The monoisotopic (exact) mass is 257 g/mol. The molecule has 0 spiro atoms. The van der Waals surface area contributed by atoms with E-state index >= 15 is 0 Å². The molecule has 0 radical (unpaired) electrons. The minimum absolute atomic E-state index is 0.0332. The molecular formula is C16H16FNO. The second kappa shape index (κ2) is 6.14. The van der Waals surface area contributed by atoms with E-state index in [1.54, 1.807) is 12.1 Å². The maximum Gasteiger partial charge on any atom is 0.224 e. The first-order chi connectivity index (χ1) is 9.15. The lowest BCUT2D eigenvalue weighted by molar-refractivity contribution is -0.121. The molecule has 0 saturated heterocycles. The van der Waals surface area contributed by atoms with E-state index in [4.69, 9.17) is 0 Å². The Hall–Kier alpha value is -2.16. The van der Waals surface area contributed by atoms with E-state index in [0.717, 1.165) is 11.1 Å². The topological polar surface area (TPSA) is 29.1 Å². The van der Waals surface area contributed by atoms with Gasteiger partial charge in [-0.15, -0.1) is 0 Å². The Kier molecular flexibility index (Phi) is 4.29. The van der Waals surface area contributed by atoms with Crippen LogP contribution in [0.15, 0.2) is 54.6 Å². The first kappa shape index (κ1) is 13.3. The van der Waals surface area contributed by atoms with E-state index < -0.39 is 0 Å². The third-order valence-electron chi connectivity index (χ3n) is 2.96. The predicted octanol–water partition coefficient (Wildman–Crippen LogP) is 3.25. The summed E-state index contributed by atoms with van der Waals surface area (Å²) in [7, 11) is 0. The summed E-state index contributed by atoms with van der Waals surface area (Å²) in [6, 6.07) is 15.7. The van der Waals surface area contributed by atoms with Crippen molar-refractivity contribution in [3.63, 3.8) is 0 Å². The van der Waals surface area contributed by atoms with Crippen molar-refractivity contribution in [3.05, 3.63) is 71.5 Å². The highest BCUT2D eigenvalue weighted by Gasteiger charge is 2.09. The van der Waals surface area contributed by atoms with Crippen LogP contribution in [0.25, 0.3) is 0 Å². The van der Waals surface area contributed by atoms with Crippen molar-refractivity contribution < 1.29 is 9.18 Å². The van der Waals surface area contributed by atoms with Gasteiger partial charge in [0.1, 0.15) is 5.82 Å². The van der Waals surface area contributed by atoms with Gasteiger partial charge in [0, 0.05) is 0 Å². The van der Waals surface area contributed by atoms with Crippen molar-refractivity contribution in [1.82, 2.24) is 5.32 Å². The van der Waals surface area contributed by atoms with Gasteiger partial charge >= 0.3 is 0 Å². The maximum atomic E-state index is 12.8. The molecule has 0 saturated carbocycles. The molecule has 0 bridgehead atoms. The number of halogens is 1. The van der Waals surface area contributed by atoms with Crippen molar-refractivity contribution in [3.8, 4) is 0 Å². The standard InChI is InChI=1S/C16H16FNO/c1-12(14-5-3-2-4-6-14)18-16(19)11-13-7-9-15(17)10-8-13/h2-10,12H,11H2,1H3,(H,18,19)/t12-/m1/s1. The van der Waals surface area contributed by atoms with E-state index in [-0.39, 0.29) is 24.2 Å². The van der Waals surface area contributed by atoms with Gasteiger partial charge in [-0.2, -0.15) is 0 Å². The minimum Gasteiger partial charge on any atom is -0.349 e. The van der Waals surface area contributed by atoms with Gasteiger partial charge in [0.2, 0.25) is 5.91 Å². The molecule has 1 N–H and O–H groups in total. The summed E-state index contributed by atoms with van der Waals surface area (Å²) in [5.74, 6) is -0.357. The molecule has 0 unspecified atom stereocenters. The number of carbonyl (C=O) groups excluding carboxylic acids is 1. The molecule has 1 atom stereocenters. The fraction of sp³-hybridized carbons (Fsp3) is 0.188. The Labute approximate surface area is 112 Å². The second-order valence-electron chi connectivity index (χ2n) is 4.50. The van der Waals surface area contributed by atoms with Crippen LogP contribution >= 0.6 is 0 Å². The van der Waals surface area contributed by atoms with Gasteiger partial charge in [0.15, 0.2) is 0 Å². The van der Waals surface area contributed by atoms with Gasteiger partial charge in [0.05, 0.1) is 12.5 Å². The van der Waals surface area contributed by atoms with Gasteiger partial charge in [0.25, 0.3) is 0 Å². The zero-order chi connectivity index (χ0) is 13.7. The molecule has 0 aliphatic heterocycles. The number of nitrogens with one attached hydrogen (secondary N) is 1. The molecule has 0 aromatic heterocycles. The third-order valence-corrected chi connectivity index (χ3v) is 2.96. The van der Waals surface area contributed by atoms with Gasteiger partial charge in [-0.05, 0) is 30.2 Å². The van der Waals surface area contributed by atoms with Crippen LogP contribution in [-0.2, 0) is 11.2 Å². The van der Waals surface area contributed by atoms with Crippen LogP contribution in [0.2, 0.25) is 0 Å². The first-order valence-corrected chi connectivity index (χ1v) is 6.24. The molecular weight excluding hydrogens is 241 g/mol. The van der Waals surface area contributed by atoms with Crippen LogP contribution in [0, 0.1) is 5.82 Å². The molecule has 19 heavy (non-hydrogen) atoms. The molecule has 98 valence electrons. The summed E-state index contributed by atoms with van der Waals surface area (Å²) in [6.45, 7) is 1.94. The number of hydrogen-bond acceptors (Lipinski definition) is 1. The molecule has 0 aliphatic carbocycles. The lowest BCUT2D eigenvalue weighted by Crippen LogP contribution is -2.28. The Morgan fingerprint density at radius 2 is 1.74 bits per heavy atom. The number of amides is 1. The summed E-state index contributed by atoms with van der Waals surface area (Å²) in [6.07, 6.45) is 0.261. The van der Waals surface area contributed by atoms with Crippen LogP contribution in [0.5, 0.6) is 0 Å². The van der Waals surface area contributed by atoms with E-state index in [0.29, 0.717) is 0 Å². The maximum absolute atomic E-state index is 12.8. The van der Waals surface area contributed by atoms with Gasteiger partial charge < -0.3 is 5.32 Å². The molecule has 0 fully saturated rings. The van der Waals surface area contributed by atoms with E-state index in [1.165, 1.54) is 12.1 Å². The Morgan fingerprint density at radius 1 is 1.11 bits per heavy atom. The summed E-state index contributed by atoms with van der Waals surface area (Å²) < 4.78 is 12.8. The summed E-state index contributed by atoms with van der Waals surface area (Å²) in [5, 5.41) is 2.93. The molecule has 2 aromatic carbocycles. The average Bonchev–Trinajstić information content (AvgIpc) is 2.42. The van der Waals surface area contributed by atoms with Crippen LogP contribution in [0.3, 0.4) is 0 Å². The largest absolute Gasteiger partial charge is 0.349 e. The van der Waals surface area contributed by atoms with E-state index in [1.807, 2.05) is 37.3 Å². The Morgan fingerprint density at radius 3 is 2.37 bits per heavy atom. The molecule has 2 rings (SSSR count). The smallest absolute Gasteiger partial charge is 0.224 e. The van der Waals surface area contributed by atoms with Crippen LogP contribution in [0.4, 0.5) is 4.39 Å². The zero-order valence-corrected chi connectivity index (χ0v) is 10.8. The summed E-state index contributed by atoms with van der Waals surface area (Å²) in [5.41, 5.74) is 1.87. The first-order valence-electron chi connectivity index (χ1n) is 6.24. The second-order valence-corrected chi connectivity index (χ2v) is 4.50. The highest BCUT2D eigenvalue weighted by Crippen LogP contribution is 2.11. The highest BCUT2D eigenvalue weighted by atomic mass is 19.1. The van der Waals surface area contributed by atoms with Crippen molar-refractivity contribution in [2.75, 3.05) is 0 Å². The highest BCUT2D eigenvalue weighted by molar-refractivity contribution is 5.78. The minimum atomic E-state index is -0.290. The van der Waals surface area contributed by atoms with Crippen LogP contribution in [0.1, 0.15) is 24.1 Å². The van der Waals surface area contributed by atoms with E-state index in [9.17, 15) is 9.18 Å². The van der Waals surface area contributed by atoms with Crippen molar-refractivity contribution in [2.45, 2.75) is 19.4 Å².